The first-order valence-electron chi connectivity index (χ1n) is 5.78. The zero-order valence-electron chi connectivity index (χ0n) is 9.45. The molecule has 1 fully saturated rings. The van der Waals surface area contributed by atoms with Crippen molar-refractivity contribution in [3.8, 4) is 0 Å². The summed E-state index contributed by atoms with van der Waals surface area (Å²) >= 11 is 0. The molecule has 0 bridgehead atoms. The van der Waals surface area contributed by atoms with Crippen LogP contribution in [0.25, 0.3) is 0 Å². The Hall–Kier alpha value is -0.610. The summed E-state index contributed by atoms with van der Waals surface area (Å²) in [5.74, 6) is 0.147. The SMILES string of the molecule is CCOC1CCCN(C(=O)CCCO)C1. The first-order chi connectivity index (χ1) is 7.27. The summed E-state index contributed by atoms with van der Waals surface area (Å²) < 4.78 is 5.52. The standard InChI is InChI=1S/C11H21NO3/c1-2-15-10-5-3-7-12(9-10)11(14)6-4-8-13/h10,13H,2-9H2,1H3. The van der Waals surface area contributed by atoms with E-state index in [2.05, 4.69) is 0 Å². The summed E-state index contributed by atoms with van der Waals surface area (Å²) in [5, 5.41) is 8.65. The fraction of sp³-hybridized carbons (Fsp3) is 0.909. The molecule has 4 heteroatoms. The van der Waals surface area contributed by atoms with Crippen molar-refractivity contribution in [2.24, 2.45) is 0 Å². The number of nitrogens with zero attached hydrogens (tertiary/aromatic N) is 1. The van der Waals surface area contributed by atoms with E-state index in [1.54, 1.807) is 0 Å². The van der Waals surface area contributed by atoms with Gasteiger partial charge in [0.15, 0.2) is 0 Å². The van der Waals surface area contributed by atoms with Crippen LogP contribution in [0.1, 0.15) is 32.6 Å². The van der Waals surface area contributed by atoms with Crippen molar-refractivity contribution >= 4 is 5.91 Å². The normalized spacial score (nSPS) is 21.7. The first kappa shape index (κ1) is 12.5. The van der Waals surface area contributed by atoms with Gasteiger partial charge in [-0.15, -0.1) is 0 Å². The third-order valence-corrected chi connectivity index (χ3v) is 2.68. The van der Waals surface area contributed by atoms with Gasteiger partial charge < -0.3 is 14.7 Å². The minimum Gasteiger partial charge on any atom is -0.396 e. The van der Waals surface area contributed by atoms with Gasteiger partial charge >= 0.3 is 0 Å². The van der Waals surface area contributed by atoms with Gasteiger partial charge in [-0.25, -0.2) is 0 Å². The Morgan fingerprint density at radius 2 is 2.40 bits per heavy atom. The van der Waals surface area contributed by atoms with E-state index in [1.807, 2.05) is 11.8 Å². The quantitative estimate of drug-likeness (QED) is 0.737. The molecule has 0 aromatic rings. The molecule has 1 rings (SSSR count). The lowest BCUT2D eigenvalue weighted by atomic mass is 10.1. The zero-order chi connectivity index (χ0) is 11.1. The summed E-state index contributed by atoms with van der Waals surface area (Å²) in [6.45, 7) is 4.34. The van der Waals surface area contributed by atoms with Crippen LogP contribution in [0.3, 0.4) is 0 Å². The maximum absolute atomic E-state index is 11.7. The van der Waals surface area contributed by atoms with Crippen LogP contribution in [0, 0.1) is 0 Å². The van der Waals surface area contributed by atoms with Gasteiger partial charge in [0, 0.05) is 32.7 Å². The van der Waals surface area contributed by atoms with Gasteiger partial charge in [-0.05, 0) is 26.2 Å². The number of rotatable bonds is 5. The molecule has 0 aliphatic carbocycles. The van der Waals surface area contributed by atoms with Crippen LogP contribution in [-0.2, 0) is 9.53 Å². The van der Waals surface area contributed by atoms with E-state index in [-0.39, 0.29) is 18.6 Å². The van der Waals surface area contributed by atoms with E-state index >= 15 is 0 Å². The van der Waals surface area contributed by atoms with Gasteiger partial charge in [0.05, 0.1) is 6.10 Å². The number of carbonyl (C=O) groups is 1. The fourth-order valence-electron chi connectivity index (χ4n) is 1.92. The predicted molar refractivity (Wildman–Crippen MR) is 57.5 cm³/mol. The molecule has 0 saturated carbocycles. The molecule has 1 amide bonds. The summed E-state index contributed by atoms with van der Waals surface area (Å²) in [6, 6.07) is 0. The van der Waals surface area contributed by atoms with E-state index in [4.69, 9.17) is 9.84 Å². The van der Waals surface area contributed by atoms with Crippen molar-refractivity contribution in [2.45, 2.75) is 38.7 Å². The second-order valence-corrected chi connectivity index (χ2v) is 3.89. The zero-order valence-corrected chi connectivity index (χ0v) is 9.45. The summed E-state index contributed by atoms with van der Waals surface area (Å²) in [6.07, 6.45) is 3.30. The Morgan fingerprint density at radius 3 is 3.07 bits per heavy atom. The predicted octanol–water partition coefficient (Wildman–Crippen LogP) is 0.786. The second-order valence-electron chi connectivity index (χ2n) is 3.89. The highest BCUT2D eigenvalue weighted by atomic mass is 16.5. The minimum atomic E-state index is 0.0917. The molecular weight excluding hydrogens is 194 g/mol. The molecule has 1 unspecified atom stereocenters. The highest BCUT2D eigenvalue weighted by molar-refractivity contribution is 5.76. The van der Waals surface area contributed by atoms with E-state index < -0.39 is 0 Å². The molecule has 1 saturated heterocycles. The smallest absolute Gasteiger partial charge is 0.222 e. The van der Waals surface area contributed by atoms with E-state index in [0.29, 0.717) is 19.4 Å². The van der Waals surface area contributed by atoms with E-state index in [0.717, 1.165) is 25.9 Å². The molecule has 1 heterocycles. The van der Waals surface area contributed by atoms with Crippen LogP contribution in [0.2, 0.25) is 0 Å². The molecule has 1 atom stereocenters. The topological polar surface area (TPSA) is 49.8 Å². The highest BCUT2D eigenvalue weighted by Gasteiger charge is 2.23. The number of hydrogen-bond donors (Lipinski definition) is 1. The van der Waals surface area contributed by atoms with Gasteiger partial charge in [0.2, 0.25) is 5.91 Å². The lowest BCUT2D eigenvalue weighted by molar-refractivity contribution is -0.135. The number of aliphatic hydroxyl groups excluding tert-OH is 1. The van der Waals surface area contributed by atoms with Crippen molar-refractivity contribution in [1.29, 1.82) is 0 Å². The summed E-state index contributed by atoms with van der Waals surface area (Å²) in [7, 11) is 0. The number of ether oxygens (including phenoxy) is 1. The van der Waals surface area contributed by atoms with Crippen molar-refractivity contribution in [2.75, 3.05) is 26.3 Å². The van der Waals surface area contributed by atoms with Crippen LogP contribution in [-0.4, -0.2) is 48.3 Å². The molecule has 0 aromatic heterocycles. The molecule has 88 valence electrons. The second kappa shape index (κ2) is 6.80. The van der Waals surface area contributed by atoms with Gasteiger partial charge in [-0.2, -0.15) is 0 Å². The van der Waals surface area contributed by atoms with E-state index in [1.165, 1.54) is 0 Å². The maximum atomic E-state index is 11.7. The molecule has 1 aliphatic heterocycles. The minimum absolute atomic E-state index is 0.0917. The largest absolute Gasteiger partial charge is 0.396 e. The highest BCUT2D eigenvalue weighted by Crippen LogP contribution is 2.14. The average molecular weight is 215 g/mol. The van der Waals surface area contributed by atoms with Crippen LogP contribution >= 0.6 is 0 Å². The molecule has 0 radical (unpaired) electrons. The Morgan fingerprint density at radius 1 is 1.60 bits per heavy atom. The number of hydrogen-bond acceptors (Lipinski definition) is 3. The number of amides is 1. The number of piperidine rings is 1. The fourth-order valence-corrected chi connectivity index (χ4v) is 1.92. The Labute approximate surface area is 91.2 Å². The van der Waals surface area contributed by atoms with Crippen molar-refractivity contribution in [3.63, 3.8) is 0 Å². The van der Waals surface area contributed by atoms with Crippen LogP contribution < -0.4 is 0 Å². The molecule has 1 aliphatic rings. The Bertz CT molecular complexity index is 194. The Kier molecular flexibility index (Phi) is 5.65. The molecule has 4 nitrogen and oxygen atoms in total. The summed E-state index contributed by atoms with van der Waals surface area (Å²) in [4.78, 5) is 13.5. The number of carbonyl (C=O) groups excluding carboxylic acids is 1. The first-order valence-corrected chi connectivity index (χ1v) is 5.78. The average Bonchev–Trinajstić information content (AvgIpc) is 2.27. The maximum Gasteiger partial charge on any atom is 0.222 e. The number of aliphatic hydroxyl groups is 1. The van der Waals surface area contributed by atoms with Crippen molar-refractivity contribution < 1.29 is 14.6 Å². The van der Waals surface area contributed by atoms with Gasteiger partial charge in [0.1, 0.15) is 0 Å². The van der Waals surface area contributed by atoms with Crippen LogP contribution in [0.5, 0.6) is 0 Å². The molecule has 15 heavy (non-hydrogen) atoms. The van der Waals surface area contributed by atoms with Crippen LogP contribution in [0.4, 0.5) is 0 Å². The monoisotopic (exact) mass is 215 g/mol. The van der Waals surface area contributed by atoms with Crippen molar-refractivity contribution in [3.05, 3.63) is 0 Å². The van der Waals surface area contributed by atoms with Gasteiger partial charge in [-0.1, -0.05) is 0 Å². The van der Waals surface area contributed by atoms with Crippen molar-refractivity contribution in [1.82, 2.24) is 4.90 Å². The summed E-state index contributed by atoms with van der Waals surface area (Å²) in [5.41, 5.74) is 0. The molecule has 0 aromatic carbocycles. The van der Waals surface area contributed by atoms with Gasteiger partial charge in [0.25, 0.3) is 0 Å². The number of likely N-dealkylation sites (tertiary alicyclic amines) is 1. The lowest BCUT2D eigenvalue weighted by Crippen LogP contribution is -2.43. The van der Waals surface area contributed by atoms with E-state index in [9.17, 15) is 4.79 Å². The molecular formula is C11H21NO3. The lowest BCUT2D eigenvalue weighted by Gasteiger charge is -2.32. The molecule has 0 spiro atoms. The van der Waals surface area contributed by atoms with Crippen LogP contribution in [0.15, 0.2) is 0 Å². The Balaban J connectivity index is 2.31. The molecule has 1 N–H and O–H groups in total. The third kappa shape index (κ3) is 4.18. The van der Waals surface area contributed by atoms with Gasteiger partial charge in [-0.3, -0.25) is 4.79 Å². The third-order valence-electron chi connectivity index (χ3n) is 2.68.